The normalized spacial score (nSPS) is 13.2. The number of nitrogens with two attached hydrogens (primary N) is 3. The van der Waals surface area contributed by atoms with Gasteiger partial charge in [0.05, 0.1) is 0 Å². The van der Waals surface area contributed by atoms with Gasteiger partial charge < -0.3 is 42.7 Å². The van der Waals surface area contributed by atoms with Crippen molar-refractivity contribution in [2.24, 2.45) is 22.2 Å². The second kappa shape index (κ2) is 15.7. The summed E-state index contributed by atoms with van der Waals surface area (Å²) in [5.41, 5.74) is 18.5. The predicted molar refractivity (Wildman–Crippen MR) is 165 cm³/mol. The third kappa shape index (κ3) is 11.3. The van der Waals surface area contributed by atoms with Crippen LogP contribution in [0.4, 0.5) is 0 Å². The highest BCUT2D eigenvalue weighted by Crippen LogP contribution is 2.37. The van der Waals surface area contributed by atoms with Crippen LogP contribution < -0.4 is 37.7 Å². The van der Waals surface area contributed by atoms with Crippen LogP contribution in [0.1, 0.15) is 30.9 Å². The van der Waals surface area contributed by atoms with E-state index in [4.69, 9.17) is 27.0 Å². The van der Waals surface area contributed by atoms with Gasteiger partial charge in [-0.15, -0.1) is 0 Å². The van der Waals surface area contributed by atoms with Crippen LogP contribution in [0, 0.1) is 0 Å². The molecule has 4 amide bonds. The van der Waals surface area contributed by atoms with Gasteiger partial charge in [0.25, 0.3) is 0 Å². The number of hydrogen-bond acceptors (Lipinski definition) is 7. The Morgan fingerprint density at radius 2 is 1.56 bits per heavy atom. The van der Waals surface area contributed by atoms with Crippen molar-refractivity contribution in [1.82, 2.24) is 20.9 Å². The molecule has 3 unspecified atom stereocenters. The Hall–Kier alpha value is -4.92. The van der Waals surface area contributed by atoms with Crippen LogP contribution in [-0.4, -0.2) is 69.0 Å². The molecule has 12 N–H and O–H groups in total. The molecule has 0 aliphatic rings. The van der Waals surface area contributed by atoms with Crippen LogP contribution in [0.15, 0.2) is 59.7 Å². The van der Waals surface area contributed by atoms with Gasteiger partial charge in [0, 0.05) is 43.4 Å². The fraction of sp³-hybridized carbons (Fsp3) is 0.321. The largest absolute Gasteiger partial charge is 0.524 e. The predicted octanol–water partition coefficient (Wildman–Crippen LogP) is -0.562. The summed E-state index contributed by atoms with van der Waals surface area (Å²) in [6.45, 7) is 1.44. The summed E-state index contributed by atoms with van der Waals surface area (Å²) in [5, 5.41) is 8.75. The molecule has 0 saturated carbocycles. The first-order valence-corrected chi connectivity index (χ1v) is 15.4. The van der Waals surface area contributed by atoms with E-state index in [2.05, 4.69) is 30.5 Å². The van der Waals surface area contributed by atoms with E-state index in [1.165, 1.54) is 31.2 Å². The van der Waals surface area contributed by atoms with Crippen molar-refractivity contribution < 1.29 is 38.1 Å². The second-order valence-electron chi connectivity index (χ2n) is 10.2. The molecule has 0 radical (unpaired) electrons. The van der Waals surface area contributed by atoms with Crippen molar-refractivity contribution in [2.75, 3.05) is 6.54 Å². The lowest BCUT2D eigenvalue weighted by atomic mass is 10.0. The Bertz CT molecular complexity index is 1580. The first-order chi connectivity index (χ1) is 21.2. The molecule has 0 spiro atoms. The zero-order chi connectivity index (χ0) is 33.1. The van der Waals surface area contributed by atoms with E-state index in [0.717, 1.165) is 16.5 Å². The first kappa shape index (κ1) is 34.6. The molecule has 3 aromatic rings. The quantitative estimate of drug-likeness (QED) is 0.0415. The molecule has 45 heavy (non-hydrogen) atoms. The maximum Gasteiger partial charge on any atom is 0.524 e. The second-order valence-corrected chi connectivity index (χ2v) is 11.4. The number of aromatic nitrogens is 1. The zero-order valence-corrected chi connectivity index (χ0v) is 25.3. The van der Waals surface area contributed by atoms with Crippen LogP contribution in [0.2, 0.25) is 0 Å². The Labute approximate surface area is 258 Å². The smallest absolute Gasteiger partial charge is 0.404 e. The van der Waals surface area contributed by atoms with Crippen molar-refractivity contribution in [3.8, 4) is 5.75 Å². The lowest BCUT2D eigenvalue weighted by Gasteiger charge is -2.24. The van der Waals surface area contributed by atoms with Gasteiger partial charge in [-0.25, -0.2) is 4.57 Å². The number of rotatable bonds is 16. The Balaban J connectivity index is 1.77. The van der Waals surface area contributed by atoms with Crippen molar-refractivity contribution in [1.29, 1.82) is 0 Å². The lowest BCUT2D eigenvalue weighted by molar-refractivity contribution is -0.133. The van der Waals surface area contributed by atoms with Crippen LogP contribution in [0.3, 0.4) is 0 Å². The number of phosphoric acid groups is 1. The zero-order valence-electron chi connectivity index (χ0n) is 24.4. The number of guanidine groups is 1. The minimum atomic E-state index is -4.76. The minimum absolute atomic E-state index is 0.0684. The van der Waals surface area contributed by atoms with E-state index < -0.39 is 49.6 Å². The van der Waals surface area contributed by atoms with Crippen LogP contribution >= 0.6 is 7.82 Å². The first-order valence-electron chi connectivity index (χ1n) is 13.8. The topological polar surface area (TPSA) is 277 Å². The third-order valence-electron chi connectivity index (χ3n) is 6.62. The standard InChI is InChI=1S/C28H37N8O8P/c1-16(37)34-24(14-18-15-33-21-6-3-2-5-20(18)21)27(40)35-22(7-4-12-32-28(30)31)26(39)36-23(25(29)38)13-17-8-10-19(11-9-17)44-45(41,42)43/h2-3,5-6,8-11,15,22-24,33H,4,7,12-14H2,1H3,(H2,29,38)(H,34,37)(H,35,40)(H,36,39)(H4,30,31,32)(H2,41,42,43). The summed E-state index contributed by atoms with van der Waals surface area (Å²) >= 11 is 0. The summed E-state index contributed by atoms with van der Waals surface area (Å²) in [5.74, 6) is -2.90. The van der Waals surface area contributed by atoms with E-state index in [9.17, 15) is 23.7 Å². The van der Waals surface area contributed by atoms with E-state index in [1.807, 2.05) is 24.3 Å². The number of carbonyl (C=O) groups is 4. The number of nitrogens with one attached hydrogen (secondary N) is 4. The summed E-state index contributed by atoms with van der Waals surface area (Å²) in [6, 6.07) is 9.55. The van der Waals surface area contributed by atoms with E-state index in [-0.39, 0.29) is 43.9 Å². The van der Waals surface area contributed by atoms with Gasteiger partial charge in [0.15, 0.2) is 5.96 Å². The molecule has 0 saturated heterocycles. The number of nitrogens with zero attached hydrogens (tertiary/aromatic N) is 1. The molecule has 3 rings (SSSR count). The number of H-pyrrole nitrogens is 1. The molecule has 0 aliphatic carbocycles. The molecular formula is C28H37N8O8P. The molecule has 0 bridgehead atoms. The maximum atomic E-state index is 13.5. The number of aromatic amines is 1. The molecule has 0 aliphatic heterocycles. The number of para-hydroxylation sites is 1. The van der Waals surface area contributed by atoms with Crippen LogP contribution in [0.5, 0.6) is 5.75 Å². The summed E-state index contributed by atoms with van der Waals surface area (Å²) in [4.78, 5) is 76.2. The van der Waals surface area contributed by atoms with E-state index in [0.29, 0.717) is 5.56 Å². The molecule has 242 valence electrons. The lowest BCUT2D eigenvalue weighted by Crippen LogP contribution is -2.57. The number of aliphatic imine (C=N–C) groups is 1. The highest BCUT2D eigenvalue weighted by Gasteiger charge is 2.29. The van der Waals surface area contributed by atoms with Gasteiger partial charge in [-0.1, -0.05) is 30.3 Å². The summed E-state index contributed by atoms with van der Waals surface area (Å²) < 4.78 is 15.6. The molecule has 17 heteroatoms. The number of carbonyl (C=O) groups excluding carboxylic acids is 4. The van der Waals surface area contributed by atoms with Gasteiger partial charge in [-0.3, -0.25) is 34.0 Å². The molecule has 0 fully saturated rings. The monoisotopic (exact) mass is 644 g/mol. The van der Waals surface area contributed by atoms with Crippen LogP contribution in [0.25, 0.3) is 10.9 Å². The van der Waals surface area contributed by atoms with Gasteiger partial charge >= 0.3 is 7.82 Å². The fourth-order valence-electron chi connectivity index (χ4n) is 4.57. The Kier molecular flexibility index (Phi) is 12.1. The Morgan fingerprint density at radius 3 is 2.18 bits per heavy atom. The molecule has 16 nitrogen and oxygen atoms in total. The summed E-state index contributed by atoms with van der Waals surface area (Å²) in [6.07, 6.45) is 2.17. The van der Waals surface area contributed by atoms with E-state index in [1.54, 1.807) is 6.20 Å². The maximum absolute atomic E-state index is 13.5. The number of fused-ring (bicyclic) bond motifs is 1. The number of primary amides is 1. The highest BCUT2D eigenvalue weighted by atomic mass is 31.2. The average Bonchev–Trinajstić information content (AvgIpc) is 3.36. The number of amides is 4. The molecule has 1 heterocycles. The van der Waals surface area contributed by atoms with Crippen molar-refractivity contribution in [3.05, 3.63) is 65.9 Å². The third-order valence-corrected chi connectivity index (χ3v) is 7.07. The van der Waals surface area contributed by atoms with Crippen molar-refractivity contribution in [3.63, 3.8) is 0 Å². The fourth-order valence-corrected chi connectivity index (χ4v) is 4.97. The molecule has 1 aromatic heterocycles. The van der Waals surface area contributed by atoms with Gasteiger partial charge in [-0.05, 0) is 42.2 Å². The number of hydrogen-bond donors (Lipinski definition) is 9. The number of benzene rings is 2. The van der Waals surface area contributed by atoms with Gasteiger partial charge in [0.1, 0.15) is 23.9 Å². The molecule has 2 aromatic carbocycles. The minimum Gasteiger partial charge on any atom is -0.404 e. The average molecular weight is 645 g/mol. The SMILES string of the molecule is CC(=O)NC(Cc1c[nH]c2ccccc12)C(=O)NC(CCCN=C(N)N)C(=O)NC(Cc1ccc(OP(=O)(O)O)cc1)C(N)=O. The summed E-state index contributed by atoms with van der Waals surface area (Å²) in [7, 11) is -4.76. The van der Waals surface area contributed by atoms with Crippen molar-refractivity contribution in [2.45, 2.75) is 50.7 Å². The number of phosphoric ester groups is 1. The Morgan fingerprint density at radius 1 is 0.911 bits per heavy atom. The van der Waals surface area contributed by atoms with E-state index >= 15 is 0 Å². The van der Waals surface area contributed by atoms with Crippen LogP contribution in [-0.2, 0) is 36.6 Å². The highest BCUT2D eigenvalue weighted by molar-refractivity contribution is 7.46. The molecule has 3 atom stereocenters. The molecular weight excluding hydrogens is 607 g/mol. The van der Waals surface area contributed by atoms with Gasteiger partial charge in [0.2, 0.25) is 23.6 Å². The van der Waals surface area contributed by atoms with Gasteiger partial charge in [-0.2, -0.15) is 0 Å². The van der Waals surface area contributed by atoms with Crippen molar-refractivity contribution >= 4 is 48.3 Å².